The number of aliphatic hydroxyl groups excluding tert-OH is 2. The van der Waals surface area contributed by atoms with Crippen LogP contribution in [0.4, 0.5) is 0 Å². The number of hydrogen-bond acceptors (Lipinski definition) is 8. The molecule has 6 atom stereocenters. The molecule has 6 unspecified atom stereocenters. The summed E-state index contributed by atoms with van der Waals surface area (Å²) in [6, 6.07) is 3.15. The number of carbonyl (C=O) groups is 4. The Morgan fingerprint density at radius 1 is 0.917 bits per heavy atom. The van der Waals surface area contributed by atoms with Crippen LogP contribution in [0.3, 0.4) is 0 Å². The van der Waals surface area contributed by atoms with Crippen molar-refractivity contribution >= 4 is 23.7 Å². The predicted molar refractivity (Wildman–Crippen MR) is 127 cm³/mol. The van der Waals surface area contributed by atoms with Crippen molar-refractivity contribution in [2.75, 3.05) is 0 Å². The first-order chi connectivity index (χ1) is 17.0. The van der Waals surface area contributed by atoms with E-state index in [1.54, 1.807) is 30.3 Å². The van der Waals surface area contributed by atoms with Gasteiger partial charge in [-0.3, -0.25) is 14.4 Å². The topological polar surface area (TPSA) is 220 Å². The number of imidazole rings is 1. The van der Waals surface area contributed by atoms with Crippen LogP contribution in [0.25, 0.3) is 0 Å². The zero-order valence-corrected chi connectivity index (χ0v) is 19.9. The summed E-state index contributed by atoms with van der Waals surface area (Å²) >= 11 is 0. The molecular weight excluding hydrogens is 472 g/mol. The molecule has 1 heterocycles. The van der Waals surface area contributed by atoms with Crippen molar-refractivity contribution in [3.8, 4) is 0 Å². The summed E-state index contributed by atoms with van der Waals surface area (Å²) in [7, 11) is 0. The molecular formula is C23H32N6O7. The van der Waals surface area contributed by atoms with Crippen molar-refractivity contribution in [2.24, 2.45) is 5.73 Å². The van der Waals surface area contributed by atoms with E-state index in [1.165, 1.54) is 26.4 Å². The first kappa shape index (κ1) is 28.4. The van der Waals surface area contributed by atoms with Crippen LogP contribution < -0.4 is 21.7 Å². The molecule has 2 rings (SSSR count). The first-order valence-electron chi connectivity index (χ1n) is 11.3. The lowest BCUT2D eigenvalue weighted by molar-refractivity contribution is -0.143. The summed E-state index contributed by atoms with van der Waals surface area (Å²) in [6.07, 6.45) is 0.172. The third-order valence-electron chi connectivity index (χ3n) is 5.35. The van der Waals surface area contributed by atoms with Gasteiger partial charge in [-0.15, -0.1) is 0 Å². The van der Waals surface area contributed by atoms with Crippen LogP contribution in [0, 0.1) is 0 Å². The van der Waals surface area contributed by atoms with Crippen LogP contribution in [0.1, 0.15) is 25.1 Å². The molecule has 3 amide bonds. The molecule has 0 spiro atoms. The maximum atomic E-state index is 12.8. The fourth-order valence-corrected chi connectivity index (χ4v) is 3.35. The molecule has 0 radical (unpaired) electrons. The second-order valence-corrected chi connectivity index (χ2v) is 8.43. The summed E-state index contributed by atoms with van der Waals surface area (Å²) in [4.78, 5) is 56.4. The SMILES string of the molecule is CC(O)C(NC(=O)C(N)Cc1cnc[nH]1)C(=O)NC(C(=O)NC(Cc1ccccc1)C(=O)O)C(C)O. The van der Waals surface area contributed by atoms with E-state index in [0.717, 1.165) is 0 Å². The fourth-order valence-electron chi connectivity index (χ4n) is 3.35. The molecule has 0 saturated carbocycles. The van der Waals surface area contributed by atoms with Gasteiger partial charge >= 0.3 is 5.97 Å². The molecule has 0 aliphatic carbocycles. The maximum absolute atomic E-state index is 12.8. The van der Waals surface area contributed by atoms with Crippen LogP contribution in [0.5, 0.6) is 0 Å². The molecule has 0 aliphatic heterocycles. The summed E-state index contributed by atoms with van der Waals surface area (Å²) < 4.78 is 0. The zero-order valence-electron chi connectivity index (χ0n) is 19.9. The van der Waals surface area contributed by atoms with Gasteiger partial charge in [-0.25, -0.2) is 9.78 Å². The van der Waals surface area contributed by atoms with Crippen LogP contribution >= 0.6 is 0 Å². The highest BCUT2D eigenvalue weighted by Crippen LogP contribution is 2.06. The monoisotopic (exact) mass is 504 g/mol. The molecule has 1 aromatic carbocycles. The van der Waals surface area contributed by atoms with E-state index in [2.05, 4.69) is 25.9 Å². The lowest BCUT2D eigenvalue weighted by Gasteiger charge is -2.27. The number of nitrogens with two attached hydrogens (primary N) is 1. The number of carboxylic acid groups (broad SMARTS) is 1. The highest BCUT2D eigenvalue weighted by molar-refractivity contribution is 5.94. The number of aromatic nitrogens is 2. The van der Waals surface area contributed by atoms with E-state index in [4.69, 9.17) is 5.73 Å². The normalized spacial score (nSPS) is 16.0. The second-order valence-electron chi connectivity index (χ2n) is 8.43. The number of aromatic amines is 1. The molecule has 0 fully saturated rings. The molecule has 2 aromatic rings. The van der Waals surface area contributed by atoms with Crippen molar-refractivity contribution in [3.63, 3.8) is 0 Å². The molecule has 0 bridgehead atoms. The number of rotatable bonds is 13. The third-order valence-corrected chi connectivity index (χ3v) is 5.35. The molecule has 13 heteroatoms. The largest absolute Gasteiger partial charge is 0.480 e. The van der Waals surface area contributed by atoms with E-state index < -0.39 is 60.1 Å². The van der Waals surface area contributed by atoms with E-state index >= 15 is 0 Å². The number of nitrogens with one attached hydrogen (secondary N) is 4. The number of carboxylic acids is 1. The number of benzene rings is 1. The van der Waals surface area contributed by atoms with E-state index in [1.807, 2.05) is 0 Å². The van der Waals surface area contributed by atoms with Crippen molar-refractivity contribution in [1.29, 1.82) is 0 Å². The van der Waals surface area contributed by atoms with Crippen molar-refractivity contribution in [2.45, 2.75) is 63.1 Å². The number of hydrogen-bond donors (Lipinski definition) is 8. The van der Waals surface area contributed by atoms with Crippen LogP contribution in [0.2, 0.25) is 0 Å². The van der Waals surface area contributed by atoms with E-state index in [-0.39, 0.29) is 12.8 Å². The van der Waals surface area contributed by atoms with E-state index in [9.17, 15) is 34.5 Å². The highest BCUT2D eigenvalue weighted by atomic mass is 16.4. The summed E-state index contributed by atoms with van der Waals surface area (Å²) in [6.45, 7) is 2.48. The van der Waals surface area contributed by atoms with Gasteiger partial charge in [0.15, 0.2) is 0 Å². The van der Waals surface area contributed by atoms with Crippen LogP contribution in [-0.2, 0) is 32.0 Å². The molecule has 9 N–H and O–H groups in total. The zero-order chi connectivity index (χ0) is 26.8. The number of carbonyl (C=O) groups excluding carboxylic acids is 3. The summed E-state index contributed by atoms with van der Waals surface area (Å²) in [5.74, 6) is -3.96. The molecule has 196 valence electrons. The summed E-state index contributed by atoms with van der Waals surface area (Å²) in [5.41, 5.74) is 7.11. The van der Waals surface area contributed by atoms with Gasteiger partial charge < -0.3 is 42.0 Å². The quantitative estimate of drug-likeness (QED) is 0.148. The van der Waals surface area contributed by atoms with Gasteiger partial charge in [0.2, 0.25) is 17.7 Å². The Hall–Kier alpha value is -3.81. The lowest BCUT2D eigenvalue weighted by Crippen LogP contribution is -2.62. The molecule has 0 saturated heterocycles. The fraction of sp³-hybridized carbons (Fsp3) is 0.435. The molecule has 13 nitrogen and oxygen atoms in total. The van der Waals surface area contributed by atoms with Gasteiger partial charge in [0.25, 0.3) is 0 Å². The predicted octanol–water partition coefficient (Wildman–Crippen LogP) is -2.18. The number of aliphatic hydroxyl groups is 2. The minimum atomic E-state index is -1.56. The summed E-state index contributed by atoms with van der Waals surface area (Å²) in [5, 5.41) is 36.6. The highest BCUT2D eigenvalue weighted by Gasteiger charge is 2.34. The van der Waals surface area contributed by atoms with Gasteiger partial charge in [-0.05, 0) is 19.4 Å². The number of H-pyrrole nitrogens is 1. The minimum Gasteiger partial charge on any atom is -0.480 e. The average molecular weight is 505 g/mol. The Labute approximate surface area is 207 Å². The minimum absolute atomic E-state index is 0.0248. The van der Waals surface area contributed by atoms with Crippen molar-refractivity contribution < 1.29 is 34.5 Å². The molecule has 36 heavy (non-hydrogen) atoms. The van der Waals surface area contributed by atoms with Gasteiger partial charge in [-0.1, -0.05) is 30.3 Å². The maximum Gasteiger partial charge on any atom is 0.326 e. The smallest absolute Gasteiger partial charge is 0.326 e. The Balaban J connectivity index is 2.06. The van der Waals surface area contributed by atoms with Gasteiger partial charge in [-0.2, -0.15) is 0 Å². The Morgan fingerprint density at radius 3 is 1.97 bits per heavy atom. The average Bonchev–Trinajstić information content (AvgIpc) is 3.33. The Morgan fingerprint density at radius 2 is 1.47 bits per heavy atom. The van der Waals surface area contributed by atoms with Crippen LogP contribution in [0.15, 0.2) is 42.9 Å². The lowest BCUT2D eigenvalue weighted by atomic mass is 10.0. The Bertz CT molecular complexity index is 1010. The number of aliphatic carboxylic acids is 1. The second kappa shape index (κ2) is 13.3. The van der Waals surface area contributed by atoms with E-state index in [0.29, 0.717) is 11.3 Å². The van der Waals surface area contributed by atoms with Crippen molar-refractivity contribution in [1.82, 2.24) is 25.9 Å². The number of amides is 3. The first-order valence-corrected chi connectivity index (χ1v) is 11.3. The van der Waals surface area contributed by atoms with Gasteiger partial charge in [0.1, 0.15) is 18.1 Å². The van der Waals surface area contributed by atoms with Crippen LogP contribution in [-0.4, -0.2) is 85.4 Å². The van der Waals surface area contributed by atoms with Gasteiger partial charge in [0.05, 0.1) is 24.6 Å². The standard InChI is InChI=1S/C23H32N6O7/c1-12(30)18(21(33)27-17(23(35)36)8-14-6-4-3-5-7-14)29-22(34)19(13(2)31)28-20(32)16(24)9-15-10-25-11-26-15/h3-7,10-13,16-19,30-31H,8-9,24H2,1-2H3,(H,25,26)(H,27,33)(H,28,32)(H,29,34)(H,35,36). The third kappa shape index (κ3) is 8.45. The number of nitrogens with zero attached hydrogens (tertiary/aromatic N) is 1. The van der Waals surface area contributed by atoms with Crippen molar-refractivity contribution in [3.05, 3.63) is 54.1 Å². The van der Waals surface area contributed by atoms with Gasteiger partial charge in [0, 0.05) is 24.7 Å². The molecule has 1 aromatic heterocycles. The molecule has 0 aliphatic rings. The Kier molecular flexibility index (Phi) is 10.5.